The first-order valence-electron chi connectivity index (χ1n) is 5.57. The maximum absolute atomic E-state index is 11.8. The SMILES string of the molecule is O=C(O)c1cc(=O)n2[nH]c(-c3ccccc3)cc2n1. The van der Waals surface area contributed by atoms with Gasteiger partial charge in [-0.05, 0) is 5.56 Å². The highest BCUT2D eigenvalue weighted by molar-refractivity contribution is 5.85. The Bertz CT molecular complexity index is 818. The van der Waals surface area contributed by atoms with Crippen molar-refractivity contribution in [3.63, 3.8) is 0 Å². The summed E-state index contributed by atoms with van der Waals surface area (Å²) in [6.45, 7) is 0. The van der Waals surface area contributed by atoms with Crippen LogP contribution < -0.4 is 5.56 Å². The molecule has 3 rings (SSSR count). The van der Waals surface area contributed by atoms with E-state index in [1.807, 2.05) is 30.3 Å². The van der Waals surface area contributed by atoms with Gasteiger partial charge in [-0.3, -0.25) is 9.89 Å². The fourth-order valence-electron chi connectivity index (χ4n) is 1.87. The van der Waals surface area contributed by atoms with E-state index in [0.717, 1.165) is 11.6 Å². The quantitative estimate of drug-likeness (QED) is 0.724. The highest BCUT2D eigenvalue weighted by atomic mass is 16.4. The van der Waals surface area contributed by atoms with Crippen LogP contribution in [0.4, 0.5) is 0 Å². The lowest BCUT2D eigenvalue weighted by atomic mass is 10.2. The highest BCUT2D eigenvalue weighted by Crippen LogP contribution is 2.17. The largest absolute Gasteiger partial charge is 0.477 e. The first kappa shape index (κ1) is 11.2. The van der Waals surface area contributed by atoms with Gasteiger partial charge < -0.3 is 5.11 Å². The van der Waals surface area contributed by atoms with E-state index in [2.05, 4.69) is 10.1 Å². The molecule has 6 heteroatoms. The Kier molecular flexibility index (Phi) is 2.42. The number of hydrogen-bond donors (Lipinski definition) is 2. The van der Waals surface area contributed by atoms with Gasteiger partial charge in [0, 0.05) is 12.1 Å². The molecule has 0 saturated carbocycles. The monoisotopic (exact) mass is 255 g/mol. The zero-order chi connectivity index (χ0) is 13.4. The molecule has 0 radical (unpaired) electrons. The van der Waals surface area contributed by atoms with E-state index in [4.69, 9.17) is 5.11 Å². The zero-order valence-corrected chi connectivity index (χ0v) is 9.70. The molecule has 0 amide bonds. The van der Waals surface area contributed by atoms with Crippen molar-refractivity contribution >= 4 is 11.6 Å². The number of aromatic amines is 1. The number of nitrogens with zero attached hydrogens (tertiary/aromatic N) is 2. The predicted molar refractivity (Wildman–Crippen MR) is 68.2 cm³/mol. The number of carboxylic acid groups (broad SMARTS) is 1. The molecule has 0 aliphatic carbocycles. The van der Waals surface area contributed by atoms with Crippen LogP contribution in [0.5, 0.6) is 0 Å². The Morgan fingerprint density at radius 3 is 2.63 bits per heavy atom. The summed E-state index contributed by atoms with van der Waals surface area (Å²) >= 11 is 0. The van der Waals surface area contributed by atoms with E-state index < -0.39 is 11.5 Å². The number of hydrogen-bond acceptors (Lipinski definition) is 3. The lowest BCUT2D eigenvalue weighted by molar-refractivity contribution is 0.0690. The van der Waals surface area contributed by atoms with Crippen molar-refractivity contribution in [1.82, 2.24) is 14.6 Å². The molecular weight excluding hydrogens is 246 g/mol. The molecule has 6 nitrogen and oxygen atoms in total. The molecule has 3 aromatic rings. The minimum absolute atomic E-state index is 0.261. The third kappa shape index (κ3) is 1.89. The zero-order valence-electron chi connectivity index (χ0n) is 9.70. The van der Waals surface area contributed by atoms with Crippen LogP contribution in [0.1, 0.15) is 10.5 Å². The van der Waals surface area contributed by atoms with Gasteiger partial charge in [0.1, 0.15) is 0 Å². The molecule has 2 heterocycles. The molecule has 1 aromatic carbocycles. The van der Waals surface area contributed by atoms with Crippen LogP contribution in [0, 0.1) is 0 Å². The van der Waals surface area contributed by atoms with Gasteiger partial charge in [-0.1, -0.05) is 30.3 Å². The van der Waals surface area contributed by atoms with E-state index in [9.17, 15) is 9.59 Å². The van der Waals surface area contributed by atoms with E-state index in [1.54, 1.807) is 6.07 Å². The van der Waals surface area contributed by atoms with Crippen LogP contribution in [0.2, 0.25) is 0 Å². The normalized spacial score (nSPS) is 10.7. The molecule has 0 bridgehead atoms. The minimum atomic E-state index is -1.22. The number of rotatable bonds is 2. The number of carboxylic acids is 1. The summed E-state index contributed by atoms with van der Waals surface area (Å²) in [7, 11) is 0. The Balaban J connectivity index is 2.24. The van der Waals surface area contributed by atoms with Gasteiger partial charge in [-0.25, -0.2) is 14.3 Å². The molecule has 0 atom stereocenters. The van der Waals surface area contributed by atoms with Crippen LogP contribution in [0.3, 0.4) is 0 Å². The summed E-state index contributed by atoms with van der Waals surface area (Å²) in [5.74, 6) is -1.22. The molecule has 0 saturated heterocycles. The van der Waals surface area contributed by atoms with Crippen molar-refractivity contribution in [1.29, 1.82) is 0 Å². The Hall–Kier alpha value is -2.89. The number of fused-ring (bicyclic) bond motifs is 1. The first-order chi connectivity index (χ1) is 9.15. The maximum atomic E-state index is 11.8. The number of H-pyrrole nitrogens is 1. The predicted octanol–water partition coefficient (Wildman–Crippen LogP) is 1.39. The van der Waals surface area contributed by atoms with Gasteiger partial charge in [-0.2, -0.15) is 0 Å². The van der Waals surface area contributed by atoms with Gasteiger partial charge in [0.05, 0.1) is 5.69 Å². The standard InChI is InChI=1S/C13H9N3O3/c17-12-7-10(13(18)19)14-11-6-9(15-16(11)12)8-4-2-1-3-5-8/h1-7,15H,(H,18,19). The summed E-state index contributed by atoms with van der Waals surface area (Å²) in [5.41, 5.74) is 1.16. The number of nitrogens with one attached hydrogen (secondary N) is 1. The topological polar surface area (TPSA) is 87.5 Å². The average Bonchev–Trinajstić information content (AvgIpc) is 2.84. The number of aromatic carboxylic acids is 1. The van der Waals surface area contributed by atoms with Gasteiger partial charge in [-0.15, -0.1) is 0 Å². The second-order valence-electron chi connectivity index (χ2n) is 4.01. The van der Waals surface area contributed by atoms with E-state index >= 15 is 0 Å². The van der Waals surface area contributed by atoms with Gasteiger partial charge in [0.25, 0.3) is 5.56 Å². The molecule has 2 aromatic heterocycles. The summed E-state index contributed by atoms with van der Waals surface area (Å²) in [6.07, 6.45) is 0. The van der Waals surface area contributed by atoms with E-state index in [1.165, 1.54) is 4.52 Å². The van der Waals surface area contributed by atoms with E-state index in [-0.39, 0.29) is 11.3 Å². The summed E-state index contributed by atoms with van der Waals surface area (Å²) in [6, 6.07) is 12.0. The third-order valence-electron chi connectivity index (χ3n) is 2.75. The van der Waals surface area contributed by atoms with E-state index in [0.29, 0.717) is 5.69 Å². The van der Waals surface area contributed by atoms with Crippen LogP contribution >= 0.6 is 0 Å². The first-order valence-corrected chi connectivity index (χ1v) is 5.57. The molecular formula is C13H9N3O3. The second-order valence-corrected chi connectivity index (χ2v) is 4.01. The number of carbonyl (C=O) groups is 1. The lowest BCUT2D eigenvalue weighted by Gasteiger charge is -1.95. The fraction of sp³-hybridized carbons (Fsp3) is 0. The molecule has 0 spiro atoms. The minimum Gasteiger partial charge on any atom is -0.477 e. The van der Waals surface area contributed by atoms with Crippen molar-refractivity contribution in [2.75, 3.05) is 0 Å². The van der Waals surface area contributed by atoms with Crippen molar-refractivity contribution in [2.24, 2.45) is 0 Å². The molecule has 2 N–H and O–H groups in total. The third-order valence-corrected chi connectivity index (χ3v) is 2.75. The Morgan fingerprint density at radius 1 is 1.21 bits per heavy atom. The maximum Gasteiger partial charge on any atom is 0.354 e. The van der Waals surface area contributed by atoms with Crippen molar-refractivity contribution < 1.29 is 9.90 Å². The Labute approximate surface area is 106 Å². The van der Waals surface area contributed by atoms with Crippen molar-refractivity contribution in [2.45, 2.75) is 0 Å². The molecule has 0 unspecified atom stereocenters. The number of benzene rings is 1. The Morgan fingerprint density at radius 2 is 1.95 bits per heavy atom. The highest BCUT2D eigenvalue weighted by Gasteiger charge is 2.11. The van der Waals surface area contributed by atoms with Crippen molar-refractivity contribution in [3.05, 3.63) is 58.5 Å². The smallest absolute Gasteiger partial charge is 0.354 e. The molecule has 0 aliphatic rings. The van der Waals surface area contributed by atoms with Crippen molar-refractivity contribution in [3.8, 4) is 11.3 Å². The molecule has 0 fully saturated rings. The van der Waals surface area contributed by atoms with Crippen LogP contribution in [-0.4, -0.2) is 25.7 Å². The van der Waals surface area contributed by atoms with Crippen LogP contribution in [0.15, 0.2) is 47.3 Å². The van der Waals surface area contributed by atoms with Gasteiger partial charge in [0.2, 0.25) is 0 Å². The average molecular weight is 255 g/mol. The molecule has 0 aliphatic heterocycles. The second kappa shape index (κ2) is 4.09. The van der Waals surface area contributed by atoms with Crippen LogP contribution in [0.25, 0.3) is 16.9 Å². The number of aromatic nitrogens is 3. The summed E-state index contributed by atoms with van der Waals surface area (Å²) in [5, 5.41) is 11.8. The summed E-state index contributed by atoms with van der Waals surface area (Å²) in [4.78, 5) is 26.5. The molecule has 19 heavy (non-hydrogen) atoms. The van der Waals surface area contributed by atoms with Gasteiger partial charge >= 0.3 is 5.97 Å². The van der Waals surface area contributed by atoms with Crippen LogP contribution in [-0.2, 0) is 0 Å². The molecule has 94 valence electrons. The fourth-order valence-corrected chi connectivity index (χ4v) is 1.87. The van der Waals surface area contributed by atoms with Gasteiger partial charge in [0.15, 0.2) is 11.3 Å². The lowest BCUT2D eigenvalue weighted by Crippen LogP contribution is -2.17. The summed E-state index contributed by atoms with van der Waals surface area (Å²) < 4.78 is 1.22.